The summed E-state index contributed by atoms with van der Waals surface area (Å²) in [5.74, 6) is 1.59. The lowest BCUT2D eigenvalue weighted by Gasteiger charge is -2.49. The Balaban J connectivity index is 1.73. The summed E-state index contributed by atoms with van der Waals surface area (Å²) in [6.07, 6.45) is 2.25. The van der Waals surface area contributed by atoms with Gasteiger partial charge in [0.05, 0.1) is 7.11 Å². The van der Waals surface area contributed by atoms with Crippen molar-refractivity contribution in [2.75, 3.05) is 31.6 Å². The molecule has 2 heterocycles. The van der Waals surface area contributed by atoms with Gasteiger partial charge in [-0.25, -0.2) is 19.8 Å². The van der Waals surface area contributed by atoms with Crippen LogP contribution >= 0.6 is 0 Å². The molecule has 1 aromatic heterocycles. The molecule has 0 aliphatic carbocycles. The fourth-order valence-electron chi connectivity index (χ4n) is 3.14. The first-order chi connectivity index (χ1) is 11.3. The van der Waals surface area contributed by atoms with Crippen LogP contribution in [-0.4, -0.2) is 45.1 Å². The second-order valence-corrected chi connectivity index (χ2v) is 7.79. The summed E-state index contributed by atoms with van der Waals surface area (Å²) < 4.78 is 29.6. The van der Waals surface area contributed by atoms with Crippen LogP contribution in [-0.2, 0) is 10.2 Å². The fraction of sp³-hybridized carbons (Fsp3) is 0.467. The van der Waals surface area contributed by atoms with E-state index in [1.165, 1.54) is 0 Å². The Hall–Kier alpha value is -1.97. The third kappa shape index (κ3) is 3.42. The van der Waals surface area contributed by atoms with E-state index in [0.29, 0.717) is 13.0 Å². The van der Waals surface area contributed by atoms with Gasteiger partial charge in [-0.1, -0.05) is 13.0 Å². The smallest absolute Gasteiger partial charge is 0.274 e. The highest BCUT2D eigenvalue weighted by Gasteiger charge is 2.39. The van der Waals surface area contributed by atoms with E-state index in [-0.39, 0.29) is 5.41 Å². The zero-order valence-corrected chi connectivity index (χ0v) is 14.5. The van der Waals surface area contributed by atoms with Gasteiger partial charge in [-0.2, -0.15) is 8.42 Å². The lowest BCUT2D eigenvalue weighted by Crippen LogP contribution is -2.56. The predicted octanol–water partition coefficient (Wildman–Crippen LogP) is 0.648. The number of anilines is 1. The van der Waals surface area contributed by atoms with Gasteiger partial charge in [0, 0.05) is 30.4 Å². The lowest BCUT2D eigenvalue weighted by atomic mass is 9.79. The first-order valence-corrected chi connectivity index (χ1v) is 9.16. The summed E-state index contributed by atoms with van der Waals surface area (Å²) in [6, 6.07) is 5.77. The van der Waals surface area contributed by atoms with E-state index < -0.39 is 10.2 Å². The molecule has 0 saturated carbocycles. The van der Waals surface area contributed by atoms with Crippen LogP contribution in [0.4, 0.5) is 5.82 Å². The summed E-state index contributed by atoms with van der Waals surface area (Å²) >= 11 is 0. The molecule has 1 saturated heterocycles. The van der Waals surface area contributed by atoms with Crippen molar-refractivity contribution in [2.45, 2.75) is 13.3 Å². The second-order valence-electron chi connectivity index (χ2n) is 6.41. The van der Waals surface area contributed by atoms with E-state index in [0.717, 1.165) is 35.6 Å². The number of para-hydroxylation sites is 1. The third-order valence-electron chi connectivity index (χ3n) is 4.30. The molecule has 2 aromatic rings. The monoisotopic (exact) mass is 351 g/mol. The molecular weight excluding hydrogens is 330 g/mol. The predicted molar refractivity (Wildman–Crippen MR) is 92.1 cm³/mol. The van der Waals surface area contributed by atoms with Crippen LogP contribution in [0.5, 0.6) is 5.75 Å². The normalized spacial score (nSPS) is 16.9. The van der Waals surface area contributed by atoms with Gasteiger partial charge in [0.15, 0.2) is 0 Å². The fourth-order valence-corrected chi connectivity index (χ4v) is 3.53. The molecule has 1 aliphatic rings. The second kappa shape index (κ2) is 6.15. The number of nitrogens with zero attached hydrogens (tertiary/aromatic N) is 3. The highest BCUT2D eigenvalue weighted by atomic mass is 32.2. The minimum absolute atomic E-state index is 0.0217. The van der Waals surface area contributed by atoms with E-state index in [9.17, 15) is 8.42 Å². The molecule has 0 atom stereocenters. The van der Waals surface area contributed by atoms with Crippen LogP contribution in [0.25, 0.3) is 10.9 Å². The van der Waals surface area contributed by atoms with Gasteiger partial charge in [0.25, 0.3) is 10.2 Å². The summed E-state index contributed by atoms with van der Waals surface area (Å²) in [7, 11) is -2.01. The standard InChI is InChI=1S/C15H21N5O3S/c1-15(6-7-19-24(16,21)22)8-20(9-15)14-11-4-3-5-12(23-2)13(11)17-10-18-14/h3-5,10,19H,6-9H2,1-2H3,(H2,16,21,22). The number of aromatic nitrogens is 2. The van der Waals surface area contributed by atoms with Crippen LogP contribution in [0.1, 0.15) is 13.3 Å². The SMILES string of the molecule is COc1cccc2c(N3CC(C)(CCNS(N)(=O)=O)C3)ncnc12. The average Bonchev–Trinajstić information content (AvgIpc) is 2.50. The summed E-state index contributed by atoms with van der Waals surface area (Å²) in [4.78, 5) is 10.9. The van der Waals surface area contributed by atoms with Crippen molar-refractivity contribution in [1.82, 2.24) is 14.7 Å². The van der Waals surface area contributed by atoms with Crippen LogP contribution in [0.2, 0.25) is 0 Å². The molecule has 1 aliphatic heterocycles. The van der Waals surface area contributed by atoms with Crippen LogP contribution in [0.3, 0.4) is 0 Å². The van der Waals surface area contributed by atoms with Crippen molar-refractivity contribution in [3.05, 3.63) is 24.5 Å². The Morgan fingerprint density at radius 1 is 1.38 bits per heavy atom. The maximum Gasteiger partial charge on any atom is 0.274 e. The van der Waals surface area contributed by atoms with Gasteiger partial charge in [-0.15, -0.1) is 0 Å². The molecule has 9 heteroatoms. The molecule has 1 aromatic carbocycles. The number of nitrogens with two attached hydrogens (primary N) is 1. The Morgan fingerprint density at radius 3 is 2.79 bits per heavy atom. The number of rotatable bonds is 6. The van der Waals surface area contributed by atoms with Crippen LogP contribution in [0, 0.1) is 5.41 Å². The van der Waals surface area contributed by atoms with Gasteiger partial charge >= 0.3 is 0 Å². The van der Waals surface area contributed by atoms with Crippen molar-refractivity contribution < 1.29 is 13.2 Å². The Morgan fingerprint density at radius 2 is 2.12 bits per heavy atom. The maximum absolute atomic E-state index is 10.9. The molecule has 0 spiro atoms. The van der Waals surface area contributed by atoms with Gasteiger partial charge < -0.3 is 9.64 Å². The number of methoxy groups -OCH3 is 1. The van der Waals surface area contributed by atoms with Crippen molar-refractivity contribution in [2.24, 2.45) is 10.6 Å². The Kier molecular flexibility index (Phi) is 4.33. The minimum atomic E-state index is -3.63. The Labute approximate surface area is 141 Å². The van der Waals surface area contributed by atoms with E-state index in [4.69, 9.17) is 9.88 Å². The van der Waals surface area contributed by atoms with Crippen molar-refractivity contribution >= 4 is 26.9 Å². The van der Waals surface area contributed by atoms with Crippen molar-refractivity contribution in [3.63, 3.8) is 0 Å². The van der Waals surface area contributed by atoms with E-state index in [1.807, 2.05) is 18.2 Å². The molecule has 8 nitrogen and oxygen atoms in total. The molecular formula is C15H21N5O3S. The minimum Gasteiger partial charge on any atom is -0.494 e. The van der Waals surface area contributed by atoms with E-state index in [1.54, 1.807) is 13.4 Å². The number of hydrogen-bond donors (Lipinski definition) is 2. The quantitative estimate of drug-likeness (QED) is 0.790. The lowest BCUT2D eigenvalue weighted by molar-refractivity contribution is 0.224. The number of nitrogens with one attached hydrogen (secondary N) is 1. The average molecular weight is 351 g/mol. The molecule has 0 amide bonds. The topological polar surface area (TPSA) is 110 Å². The number of ether oxygens (including phenoxy) is 1. The van der Waals surface area contributed by atoms with Crippen molar-refractivity contribution in [1.29, 1.82) is 0 Å². The largest absolute Gasteiger partial charge is 0.494 e. The summed E-state index contributed by atoms with van der Waals surface area (Å²) in [6.45, 7) is 4.05. The van der Waals surface area contributed by atoms with Gasteiger partial charge in [-0.3, -0.25) is 0 Å². The van der Waals surface area contributed by atoms with E-state index in [2.05, 4.69) is 26.5 Å². The van der Waals surface area contributed by atoms with Crippen LogP contribution in [0.15, 0.2) is 24.5 Å². The number of benzene rings is 1. The van der Waals surface area contributed by atoms with Gasteiger partial charge in [-0.05, 0) is 18.6 Å². The van der Waals surface area contributed by atoms with Crippen molar-refractivity contribution in [3.8, 4) is 5.75 Å². The Bertz CT molecular complexity index is 849. The zero-order valence-electron chi connectivity index (χ0n) is 13.7. The van der Waals surface area contributed by atoms with E-state index >= 15 is 0 Å². The third-order valence-corrected chi connectivity index (χ3v) is 4.91. The maximum atomic E-state index is 10.9. The van der Waals surface area contributed by atoms with Gasteiger partial charge in [0.1, 0.15) is 23.4 Å². The highest BCUT2D eigenvalue weighted by molar-refractivity contribution is 7.87. The molecule has 0 unspecified atom stereocenters. The number of fused-ring (bicyclic) bond motifs is 1. The van der Waals surface area contributed by atoms with Gasteiger partial charge in [0.2, 0.25) is 0 Å². The first kappa shape index (κ1) is 16.9. The zero-order chi connectivity index (χ0) is 17.4. The molecule has 3 rings (SSSR count). The van der Waals surface area contributed by atoms with Crippen LogP contribution < -0.4 is 19.5 Å². The summed E-state index contributed by atoms with van der Waals surface area (Å²) in [5.41, 5.74) is 0.808. The highest BCUT2D eigenvalue weighted by Crippen LogP contribution is 2.39. The molecule has 0 bridgehead atoms. The number of hydrogen-bond acceptors (Lipinski definition) is 6. The summed E-state index contributed by atoms with van der Waals surface area (Å²) in [5, 5.41) is 5.90. The first-order valence-electron chi connectivity index (χ1n) is 7.61. The molecule has 24 heavy (non-hydrogen) atoms. The molecule has 1 fully saturated rings. The molecule has 3 N–H and O–H groups in total. The molecule has 0 radical (unpaired) electrons. The molecule has 130 valence electrons.